The van der Waals surface area contributed by atoms with Crippen LogP contribution in [-0.4, -0.2) is 14.5 Å². The molecule has 0 amide bonds. The number of nitrogens with zero attached hydrogens (tertiary/aromatic N) is 3. The van der Waals surface area contributed by atoms with Gasteiger partial charge in [0.2, 0.25) is 0 Å². The molecule has 3 heteroatoms. The highest BCUT2D eigenvalue weighted by Gasteiger charge is 2.19. The van der Waals surface area contributed by atoms with E-state index in [0.29, 0.717) is 0 Å². The van der Waals surface area contributed by atoms with Crippen molar-refractivity contribution >= 4 is 32.7 Å². The van der Waals surface area contributed by atoms with Crippen LogP contribution in [0, 0.1) is 13.8 Å². The van der Waals surface area contributed by atoms with Crippen molar-refractivity contribution in [3.63, 3.8) is 0 Å². The van der Waals surface area contributed by atoms with E-state index < -0.39 is 0 Å². The molecular formula is C46H33N3. The van der Waals surface area contributed by atoms with Gasteiger partial charge >= 0.3 is 0 Å². The number of hydrogen-bond acceptors (Lipinski definition) is 2. The monoisotopic (exact) mass is 627 g/mol. The first-order valence-electron chi connectivity index (χ1n) is 16.8. The molecule has 0 spiro atoms. The van der Waals surface area contributed by atoms with Crippen molar-refractivity contribution in [1.29, 1.82) is 0 Å². The standard InChI is InChI=1S/C46H33N3/c1-30-24-25-33(34-26-27-43-40(29-34)36-19-10-12-23-42(36)49(43)35-17-7-4-8-18-35)28-39(30)44-31(2)14-13-21-38(44)46-47-41-22-11-9-20-37(41)45(48-46)32-15-5-3-6-16-32/h3-29H,1-2H3. The maximum absolute atomic E-state index is 5.26. The van der Waals surface area contributed by atoms with Crippen LogP contribution in [0.15, 0.2) is 164 Å². The number of fused-ring (bicyclic) bond motifs is 4. The van der Waals surface area contributed by atoms with Crippen molar-refractivity contribution in [2.24, 2.45) is 0 Å². The Morgan fingerprint density at radius 1 is 0.429 bits per heavy atom. The fourth-order valence-corrected chi connectivity index (χ4v) is 7.30. The summed E-state index contributed by atoms with van der Waals surface area (Å²) < 4.78 is 2.36. The summed E-state index contributed by atoms with van der Waals surface area (Å²) >= 11 is 0. The first-order valence-corrected chi connectivity index (χ1v) is 16.8. The van der Waals surface area contributed by atoms with Crippen molar-refractivity contribution in [2.75, 3.05) is 0 Å². The Kier molecular flexibility index (Phi) is 6.91. The quantitative estimate of drug-likeness (QED) is 0.190. The zero-order chi connectivity index (χ0) is 32.9. The van der Waals surface area contributed by atoms with Gasteiger partial charge in [0, 0.05) is 33.0 Å². The summed E-state index contributed by atoms with van der Waals surface area (Å²) in [6.45, 7) is 4.39. The Hall–Kier alpha value is -6.32. The summed E-state index contributed by atoms with van der Waals surface area (Å²) in [7, 11) is 0. The highest BCUT2D eigenvalue weighted by Crippen LogP contribution is 2.40. The minimum atomic E-state index is 0.733. The number of rotatable bonds is 5. The number of benzene rings is 7. The van der Waals surface area contributed by atoms with E-state index in [4.69, 9.17) is 9.97 Å². The highest BCUT2D eigenvalue weighted by molar-refractivity contribution is 6.10. The van der Waals surface area contributed by atoms with Gasteiger partial charge in [0.25, 0.3) is 0 Å². The molecule has 9 aromatic rings. The topological polar surface area (TPSA) is 30.7 Å². The molecule has 0 aliphatic carbocycles. The van der Waals surface area contributed by atoms with Gasteiger partial charge in [-0.3, -0.25) is 0 Å². The maximum atomic E-state index is 5.26. The number of aryl methyl sites for hydroxylation is 2. The van der Waals surface area contributed by atoms with E-state index in [1.54, 1.807) is 0 Å². The molecule has 0 saturated carbocycles. The van der Waals surface area contributed by atoms with Gasteiger partial charge in [-0.2, -0.15) is 0 Å². The van der Waals surface area contributed by atoms with E-state index in [1.165, 1.54) is 49.6 Å². The van der Waals surface area contributed by atoms with Gasteiger partial charge in [0.15, 0.2) is 5.82 Å². The Labute approximate surface area is 285 Å². The molecule has 7 aromatic carbocycles. The first kappa shape index (κ1) is 28.9. The van der Waals surface area contributed by atoms with Gasteiger partial charge in [0.05, 0.1) is 22.2 Å². The SMILES string of the molecule is Cc1ccc(-c2ccc3c(c2)c2ccccc2n3-c2ccccc2)cc1-c1c(C)cccc1-c1nc(-c2ccccc2)c2ccccc2n1. The number of hydrogen-bond donors (Lipinski definition) is 0. The molecule has 49 heavy (non-hydrogen) atoms. The molecule has 0 aliphatic rings. The lowest BCUT2D eigenvalue weighted by Crippen LogP contribution is -1.99. The van der Waals surface area contributed by atoms with Crippen molar-refractivity contribution in [2.45, 2.75) is 13.8 Å². The first-order chi connectivity index (χ1) is 24.1. The van der Waals surface area contributed by atoms with Crippen molar-refractivity contribution in [3.8, 4) is 50.6 Å². The molecule has 0 radical (unpaired) electrons. The average molecular weight is 628 g/mol. The Bertz CT molecular complexity index is 2670. The fourth-order valence-electron chi connectivity index (χ4n) is 7.30. The molecule has 0 bridgehead atoms. The molecule has 3 nitrogen and oxygen atoms in total. The van der Waals surface area contributed by atoms with Gasteiger partial charge in [-0.15, -0.1) is 0 Å². The molecule has 2 heterocycles. The van der Waals surface area contributed by atoms with E-state index in [2.05, 4.69) is 170 Å². The predicted molar refractivity (Wildman–Crippen MR) is 205 cm³/mol. The molecule has 0 N–H and O–H groups in total. The molecule has 9 rings (SSSR count). The maximum Gasteiger partial charge on any atom is 0.161 e. The Morgan fingerprint density at radius 2 is 1.10 bits per heavy atom. The summed E-state index contributed by atoms with van der Waals surface area (Å²) in [4.78, 5) is 10.4. The number of para-hydroxylation sites is 3. The third-order valence-electron chi connectivity index (χ3n) is 9.69. The Morgan fingerprint density at radius 3 is 1.94 bits per heavy atom. The minimum absolute atomic E-state index is 0.733. The summed E-state index contributed by atoms with van der Waals surface area (Å²) in [6, 6.07) is 58.2. The smallest absolute Gasteiger partial charge is 0.161 e. The molecule has 0 aliphatic heterocycles. The highest BCUT2D eigenvalue weighted by atomic mass is 15.0. The summed E-state index contributed by atoms with van der Waals surface area (Å²) in [5, 5.41) is 3.54. The Balaban J connectivity index is 1.22. The third-order valence-corrected chi connectivity index (χ3v) is 9.69. The molecule has 0 unspecified atom stereocenters. The van der Waals surface area contributed by atoms with Crippen LogP contribution in [0.2, 0.25) is 0 Å². The minimum Gasteiger partial charge on any atom is -0.309 e. The summed E-state index contributed by atoms with van der Waals surface area (Å²) in [6.07, 6.45) is 0. The zero-order valence-electron chi connectivity index (χ0n) is 27.4. The van der Waals surface area contributed by atoms with Crippen LogP contribution in [0.3, 0.4) is 0 Å². The van der Waals surface area contributed by atoms with Crippen LogP contribution >= 0.6 is 0 Å². The van der Waals surface area contributed by atoms with Crippen molar-refractivity contribution in [3.05, 3.63) is 175 Å². The van der Waals surface area contributed by atoms with Crippen LogP contribution in [0.25, 0.3) is 83.3 Å². The van der Waals surface area contributed by atoms with Crippen molar-refractivity contribution in [1.82, 2.24) is 14.5 Å². The van der Waals surface area contributed by atoms with E-state index in [0.717, 1.165) is 44.8 Å². The lowest BCUT2D eigenvalue weighted by atomic mass is 9.89. The molecule has 0 atom stereocenters. The molecular weight excluding hydrogens is 595 g/mol. The van der Waals surface area contributed by atoms with Gasteiger partial charge in [-0.25, -0.2) is 9.97 Å². The van der Waals surface area contributed by atoms with Crippen LogP contribution in [0.1, 0.15) is 11.1 Å². The van der Waals surface area contributed by atoms with Crippen LogP contribution in [0.4, 0.5) is 0 Å². The lowest BCUT2D eigenvalue weighted by molar-refractivity contribution is 1.18. The van der Waals surface area contributed by atoms with E-state index >= 15 is 0 Å². The summed E-state index contributed by atoms with van der Waals surface area (Å²) in [5.41, 5.74) is 14.7. The van der Waals surface area contributed by atoms with Gasteiger partial charge in [-0.05, 0) is 89.7 Å². The largest absolute Gasteiger partial charge is 0.309 e. The second kappa shape index (κ2) is 11.7. The van der Waals surface area contributed by atoms with Crippen LogP contribution < -0.4 is 0 Å². The molecule has 2 aromatic heterocycles. The van der Waals surface area contributed by atoms with Crippen molar-refractivity contribution < 1.29 is 0 Å². The van der Waals surface area contributed by atoms with E-state index in [9.17, 15) is 0 Å². The predicted octanol–water partition coefficient (Wildman–Crippen LogP) is 12.0. The second-order valence-electron chi connectivity index (χ2n) is 12.7. The zero-order valence-corrected chi connectivity index (χ0v) is 27.4. The van der Waals surface area contributed by atoms with Gasteiger partial charge in [0.1, 0.15) is 0 Å². The normalized spacial score (nSPS) is 11.5. The van der Waals surface area contributed by atoms with E-state index in [-0.39, 0.29) is 0 Å². The summed E-state index contributed by atoms with van der Waals surface area (Å²) in [5.74, 6) is 0.733. The second-order valence-corrected chi connectivity index (χ2v) is 12.7. The lowest BCUT2D eigenvalue weighted by Gasteiger charge is -2.17. The van der Waals surface area contributed by atoms with Crippen LogP contribution in [0.5, 0.6) is 0 Å². The van der Waals surface area contributed by atoms with Gasteiger partial charge < -0.3 is 4.57 Å². The molecule has 0 saturated heterocycles. The van der Waals surface area contributed by atoms with Gasteiger partial charge in [-0.1, -0.05) is 121 Å². The van der Waals surface area contributed by atoms with E-state index in [1.807, 2.05) is 12.1 Å². The fraction of sp³-hybridized carbons (Fsp3) is 0.0435. The van der Waals surface area contributed by atoms with Crippen LogP contribution in [-0.2, 0) is 0 Å². The average Bonchev–Trinajstić information content (AvgIpc) is 3.49. The number of aromatic nitrogens is 3. The molecule has 232 valence electrons. The molecule has 0 fully saturated rings. The third kappa shape index (κ3) is 4.90.